The molecule has 0 N–H and O–H groups in total. The van der Waals surface area contributed by atoms with Crippen LogP contribution < -0.4 is 23.7 Å². The highest BCUT2D eigenvalue weighted by atomic mass is 16.7. The van der Waals surface area contributed by atoms with E-state index in [9.17, 15) is 4.79 Å². The molecule has 134 valence electrons. The van der Waals surface area contributed by atoms with Gasteiger partial charge in [-0.1, -0.05) is 18.7 Å². The fourth-order valence-corrected chi connectivity index (χ4v) is 2.31. The topological polar surface area (TPSA) is 63.2 Å². The predicted octanol–water partition coefficient (Wildman–Crippen LogP) is 3.61. The second-order valence-electron chi connectivity index (χ2n) is 5.28. The minimum absolute atomic E-state index is 0.168. The van der Waals surface area contributed by atoms with E-state index >= 15 is 0 Å². The molecule has 0 bridgehead atoms. The summed E-state index contributed by atoms with van der Waals surface area (Å²) in [6.07, 6.45) is 4.62. The van der Waals surface area contributed by atoms with Crippen LogP contribution >= 0.6 is 0 Å². The van der Waals surface area contributed by atoms with Gasteiger partial charge in [-0.25, -0.2) is 4.79 Å². The van der Waals surface area contributed by atoms with Gasteiger partial charge >= 0.3 is 5.97 Å². The predicted molar refractivity (Wildman–Crippen MR) is 95.9 cm³/mol. The van der Waals surface area contributed by atoms with Gasteiger partial charge in [-0.3, -0.25) is 0 Å². The fraction of sp³-hybridized carbons (Fsp3) is 0.150. The van der Waals surface area contributed by atoms with Crippen molar-refractivity contribution in [3.8, 4) is 28.7 Å². The van der Waals surface area contributed by atoms with Gasteiger partial charge in [0.2, 0.25) is 6.79 Å². The molecule has 0 radical (unpaired) electrons. The van der Waals surface area contributed by atoms with Crippen LogP contribution in [0.15, 0.2) is 55.1 Å². The minimum atomic E-state index is -0.505. The summed E-state index contributed by atoms with van der Waals surface area (Å²) in [5.74, 6) is 2.24. The molecule has 1 aliphatic rings. The molecule has 2 aromatic rings. The Hall–Kier alpha value is -3.41. The van der Waals surface area contributed by atoms with Crippen LogP contribution in [0, 0.1) is 0 Å². The number of carbonyl (C=O) groups is 1. The molecule has 1 heterocycles. The van der Waals surface area contributed by atoms with Crippen LogP contribution in [0.1, 0.15) is 5.56 Å². The van der Waals surface area contributed by atoms with Gasteiger partial charge in [0.25, 0.3) is 0 Å². The maximum Gasteiger partial charge on any atom is 0.336 e. The zero-order valence-corrected chi connectivity index (χ0v) is 14.3. The van der Waals surface area contributed by atoms with Crippen LogP contribution in [0.5, 0.6) is 28.7 Å². The van der Waals surface area contributed by atoms with Crippen LogP contribution in [-0.2, 0) is 4.79 Å². The number of fused-ring (bicyclic) bond motifs is 1. The number of carbonyl (C=O) groups excluding carboxylic acids is 1. The van der Waals surface area contributed by atoms with Crippen molar-refractivity contribution in [2.24, 2.45) is 0 Å². The lowest BCUT2D eigenvalue weighted by atomic mass is 10.2. The molecular formula is C20H18O6. The Kier molecular flexibility index (Phi) is 5.43. The zero-order valence-electron chi connectivity index (χ0n) is 14.3. The number of ether oxygens (including phenoxy) is 5. The van der Waals surface area contributed by atoms with Crippen LogP contribution in [0.3, 0.4) is 0 Å². The summed E-state index contributed by atoms with van der Waals surface area (Å²) in [7, 11) is 1.55. The lowest BCUT2D eigenvalue weighted by Crippen LogP contribution is -2.03. The Balaban J connectivity index is 1.65. The van der Waals surface area contributed by atoms with E-state index in [1.807, 2.05) is 6.07 Å². The summed E-state index contributed by atoms with van der Waals surface area (Å²) in [6.45, 7) is 4.16. The van der Waals surface area contributed by atoms with E-state index in [-0.39, 0.29) is 6.79 Å². The van der Waals surface area contributed by atoms with Gasteiger partial charge in [0.15, 0.2) is 23.0 Å². The highest BCUT2D eigenvalue weighted by Crippen LogP contribution is 2.35. The number of methoxy groups -OCH3 is 1. The molecule has 3 rings (SSSR count). The third kappa shape index (κ3) is 4.16. The van der Waals surface area contributed by atoms with E-state index in [2.05, 4.69) is 6.58 Å². The second kappa shape index (κ2) is 8.11. The van der Waals surface area contributed by atoms with Crippen LogP contribution in [0.2, 0.25) is 0 Å². The lowest BCUT2D eigenvalue weighted by molar-refractivity contribution is -0.128. The minimum Gasteiger partial charge on any atom is -0.493 e. The molecule has 0 unspecified atom stereocenters. The monoisotopic (exact) mass is 354 g/mol. The summed E-state index contributed by atoms with van der Waals surface area (Å²) in [5.41, 5.74) is 0.774. The number of hydrogen-bond donors (Lipinski definition) is 0. The van der Waals surface area contributed by atoms with E-state index in [1.165, 1.54) is 6.08 Å². The molecule has 0 spiro atoms. The van der Waals surface area contributed by atoms with E-state index in [4.69, 9.17) is 23.7 Å². The first-order chi connectivity index (χ1) is 12.7. The normalized spacial score (nSPS) is 12.0. The van der Waals surface area contributed by atoms with Crippen LogP contribution in [0.25, 0.3) is 6.08 Å². The number of rotatable bonds is 7. The number of hydrogen-bond acceptors (Lipinski definition) is 6. The smallest absolute Gasteiger partial charge is 0.336 e. The molecule has 0 aromatic heterocycles. The average Bonchev–Trinajstić information content (AvgIpc) is 3.12. The maximum absolute atomic E-state index is 12.0. The van der Waals surface area contributed by atoms with Gasteiger partial charge in [-0.2, -0.15) is 0 Å². The molecule has 1 aliphatic heterocycles. The quantitative estimate of drug-likeness (QED) is 0.328. The van der Waals surface area contributed by atoms with Gasteiger partial charge < -0.3 is 23.7 Å². The fourth-order valence-electron chi connectivity index (χ4n) is 2.31. The SMILES string of the molecule is C=CCOc1ccc(/C=C/C(=O)Oc2ccc3c(c2)OCO3)cc1OC. The average molecular weight is 354 g/mol. The molecule has 0 amide bonds. The zero-order chi connectivity index (χ0) is 18.4. The molecular weight excluding hydrogens is 336 g/mol. The van der Waals surface area contributed by atoms with E-state index in [0.29, 0.717) is 35.4 Å². The van der Waals surface area contributed by atoms with Crippen molar-refractivity contribution < 1.29 is 28.5 Å². The molecule has 2 aromatic carbocycles. The van der Waals surface area contributed by atoms with E-state index in [0.717, 1.165) is 5.56 Å². The molecule has 0 saturated carbocycles. The third-order valence-corrected chi connectivity index (χ3v) is 3.52. The van der Waals surface area contributed by atoms with Crippen molar-refractivity contribution in [3.05, 3.63) is 60.7 Å². The molecule has 0 saturated heterocycles. The molecule has 26 heavy (non-hydrogen) atoms. The van der Waals surface area contributed by atoms with Gasteiger partial charge in [0.1, 0.15) is 12.4 Å². The number of benzene rings is 2. The van der Waals surface area contributed by atoms with Crippen molar-refractivity contribution in [2.75, 3.05) is 20.5 Å². The van der Waals surface area contributed by atoms with Crippen LogP contribution in [0.4, 0.5) is 0 Å². The Morgan fingerprint density at radius 2 is 2.00 bits per heavy atom. The summed E-state index contributed by atoms with van der Waals surface area (Å²) in [4.78, 5) is 12.0. The van der Waals surface area contributed by atoms with Gasteiger partial charge in [0, 0.05) is 12.1 Å². The Morgan fingerprint density at radius 1 is 1.15 bits per heavy atom. The Bertz CT molecular complexity index is 840. The number of esters is 1. The maximum atomic E-state index is 12.0. The summed E-state index contributed by atoms with van der Waals surface area (Å²) >= 11 is 0. The second-order valence-corrected chi connectivity index (χ2v) is 5.28. The third-order valence-electron chi connectivity index (χ3n) is 3.52. The molecule has 0 aliphatic carbocycles. The van der Waals surface area contributed by atoms with E-state index in [1.54, 1.807) is 49.6 Å². The van der Waals surface area contributed by atoms with E-state index < -0.39 is 5.97 Å². The van der Waals surface area contributed by atoms with Crippen molar-refractivity contribution >= 4 is 12.0 Å². The molecule has 6 heteroatoms. The Morgan fingerprint density at radius 3 is 2.81 bits per heavy atom. The van der Waals surface area contributed by atoms with Gasteiger partial charge in [0.05, 0.1) is 7.11 Å². The lowest BCUT2D eigenvalue weighted by Gasteiger charge is -2.09. The highest BCUT2D eigenvalue weighted by molar-refractivity contribution is 5.89. The first-order valence-corrected chi connectivity index (χ1v) is 7.91. The standard InChI is InChI=1S/C20H18O6/c1-3-10-23-16-7-4-14(11-18(16)22-2)5-9-20(21)26-15-6-8-17-19(12-15)25-13-24-17/h3-9,11-12H,1,10,13H2,2H3/b9-5+. The molecule has 0 fully saturated rings. The Labute approximate surface area is 151 Å². The summed E-state index contributed by atoms with van der Waals surface area (Å²) < 4.78 is 26.5. The first-order valence-electron chi connectivity index (χ1n) is 7.91. The van der Waals surface area contributed by atoms with Crippen molar-refractivity contribution in [1.82, 2.24) is 0 Å². The van der Waals surface area contributed by atoms with Crippen molar-refractivity contribution in [1.29, 1.82) is 0 Å². The van der Waals surface area contributed by atoms with Crippen LogP contribution in [-0.4, -0.2) is 26.5 Å². The van der Waals surface area contributed by atoms with Crippen molar-refractivity contribution in [2.45, 2.75) is 0 Å². The largest absolute Gasteiger partial charge is 0.493 e. The molecule has 0 atom stereocenters. The van der Waals surface area contributed by atoms with Crippen molar-refractivity contribution in [3.63, 3.8) is 0 Å². The highest BCUT2D eigenvalue weighted by Gasteiger charge is 2.14. The molecule has 6 nitrogen and oxygen atoms in total. The summed E-state index contributed by atoms with van der Waals surface area (Å²) in [5, 5.41) is 0. The summed E-state index contributed by atoms with van der Waals surface area (Å²) in [6, 6.07) is 10.3. The first kappa shape index (κ1) is 17.4. The van der Waals surface area contributed by atoms with Gasteiger partial charge in [-0.15, -0.1) is 0 Å². The van der Waals surface area contributed by atoms with Gasteiger partial charge in [-0.05, 0) is 35.9 Å².